The number of nitrogens with two attached hydrogens (primary N) is 1. The Balaban J connectivity index is 0.00000211. The molecular formula is C21H39N. The van der Waals surface area contributed by atoms with Gasteiger partial charge in [-0.05, 0) is 52.8 Å². The molecule has 0 saturated carbocycles. The van der Waals surface area contributed by atoms with Crippen LogP contribution >= 0.6 is 0 Å². The topological polar surface area (TPSA) is 26.0 Å². The summed E-state index contributed by atoms with van der Waals surface area (Å²) in [5.41, 5.74) is 10.9. The molecule has 0 saturated heterocycles. The van der Waals surface area contributed by atoms with E-state index in [1.54, 1.807) is 0 Å². The van der Waals surface area contributed by atoms with Crippen molar-refractivity contribution in [1.82, 2.24) is 0 Å². The zero-order valence-corrected chi connectivity index (χ0v) is 16.5. The molecule has 1 aromatic carbocycles. The molecule has 0 aromatic heterocycles. The fraction of sp³-hybridized carbons (Fsp3) is 0.714. The summed E-state index contributed by atoms with van der Waals surface area (Å²) in [4.78, 5) is 0. The van der Waals surface area contributed by atoms with Gasteiger partial charge in [0.15, 0.2) is 0 Å². The summed E-state index contributed by atoms with van der Waals surface area (Å²) >= 11 is 0. The molecular weight excluding hydrogens is 266 g/mol. The van der Waals surface area contributed by atoms with Crippen molar-refractivity contribution in [3.05, 3.63) is 34.9 Å². The van der Waals surface area contributed by atoms with E-state index in [-0.39, 0.29) is 5.41 Å². The first-order valence-corrected chi connectivity index (χ1v) is 8.91. The second-order valence-electron chi connectivity index (χ2n) is 7.99. The monoisotopic (exact) mass is 305 g/mol. The van der Waals surface area contributed by atoms with Crippen molar-refractivity contribution >= 4 is 0 Å². The fourth-order valence-electron chi connectivity index (χ4n) is 2.55. The molecule has 128 valence electrons. The first-order valence-electron chi connectivity index (χ1n) is 8.91. The standard InChI is InChI=1S/C19H33N.C2H6/c1-14(2)16-10-8-9-15(17(16)11-12-20)13-19(6,7)18(3,4)5;1-2/h8-10,14H,11-13,20H2,1-7H3;1-2H3. The van der Waals surface area contributed by atoms with Crippen LogP contribution in [0.15, 0.2) is 18.2 Å². The molecule has 1 heteroatoms. The molecule has 0 aliphatic heterocycles. The minimum atomic E-state index is 0.270. The van der Waals surface area contributed by atoms with Gasteiger partial charge in [0.2, 0.25) is 0 Å². The average Bonchev–Trinajstić information content (AvgIpc) is 2.41. The van der Waals surface area contributed by atoms with E-state index in [0.29, 0.717) is 11.3 Å². The van der Waals surface area contributed by atoms with Crippen LogP contribution < -0.4 is 5.73 Å². The van der Waals surface area contributed by atoms with Crippen molar-refractivity contribution in [3.8, 4) is 0 Å². The third kappa shape index (κ3) is 5.43. The number of hydrogen-bond acceptors (Lipinski definition) is 1. The third-order valence-corrected chi connectivity index (χ3v) is 4.99. The Labute approximate surface area is 139 Å². The molecule has 0 bridgehead atoms. The van der Waals surface area contributed by atoms with Gasteiger partial charge >= 0.3 is 0 Å². The van der Waals surface area contributed by atoms with Crippen LogP contribution in [0.2, 0.25) is 0 Å². The van der Waals surface area contributed by atoms with Gasteiger partial charge < -0.3 is 5.73 Å². The SMILES string of the molecule is CC.CC(C)c1cccc(CC(C)(C)C(C)(C)C)c1CCN. The molecule has 22 heavy (non-hydrogen) atoms. The van der Waals surface area contributed by atoms with Gasteiger partial charge in [0.1, 0.15) is 0 Å². The summed E-state index contributed by atoms with van der Waals surface area (Å²) < 4.78 is 0. The number of benzene rings is 1. The zero-order chi connectivity index (χ0) is 17.6. The summed E-state index contributed by atoms with van der Waals surface area (Å²) in [6, 6.07) is 6.77. The highest BCUT2D eigenvalue weighted by molar-refractivity contribution is 5.38. The van der Waals surface area contributed by atoms with Crippen molar-refractivity contribution < 1.29 is 0 Å². The van der Waals surface area contributed by atoms with E-state index in [1.807, 2.05) is 13.8 Å². The second kappa shape index (κ2) is 8.72. The van der Waals surface area contributed by atoms with Crippen LogP contribution in [0.4, 0.5) is 0 Å². The van der Waals surface area contributed by atoms with Crippen molar-refractivity contribution in [3.63, 3.8) is 0 Å². The van der Waals surface area contributed by atoms with E-state index in [4.69, 9.17) is 5.73 Å². The number of rotatable bonds is 5. The van der Waals surface area contributed by atoms with E-state index in [1.165, 1.54) is 16.7 Å². The maximum atomic E-state index is 5.85. The third-order valence-electron chi connectivity index (χ3n) is 4.99. The lowest BCUT2D eigenvalue weighted by Gasteiger charge is -2.40. The Hall–Kier alpha value is -0.820. The highest BCUT2D eigenvalue weighted by Gasteiger charge is 2.33. The lowest BCUT2D eigenvalue weighted by molar-refractivity contribution is 0.132. The maximum Gasteiger partial charge on any atom is -0.00365 e. The van der Waals surface area contributed by atoms with Crippen LogP contribution in [0.25, 0.3) is 0 Å². The van der Waals surface area contributed by atoms with Gasteiger partial charge in [-0.15, -0.1) is 0 Å². The van der Waals surface area contributed by atoms with Crippen LogP contribution in [0.5, 0.6) is 0 Å². The Morgan fingerprint density at radius 2 is 1.55 bits per heavy atom. The number of hydrogen-bond donors (Lipinski definition) is 1. The first-order chi connectivity index (χ1) is 10.1. The van der Waals surface area contributed by atoms with E-state index in [0.717, 1.165) is 19.4 Å². The van der Waals surface area contributed by atoms with Crippen molar-refractivity contribution in [1.29, 1.82) is 0 Å². The summed E-state index contributed by atoms with van der Waals surface area (Å²) in [6.07, 6.45) is 2.11. The molecule has 0 aliphatic rings. The van der Waals surface area contributed by atoms with Crippen LogP contribution in [0, 0.1) is 10.8 Å². The molecule has 1 aromatic rings. The van der Waals surface area contributed by atoms with Crippen molar-refractivity contribution in [2.24, 2.45) is 16.6 Å². The molecule has 0 amide bonds. The van der Waals surface area contributed by atoms with Gasteiger partial charge in [0.25, 0.3) is 0 Å². The van der Waals surface area contributed by atoms with Gasteiger partial charge in [-0.2, -0.15) is 0 Å². The van der Waals surface area contributed by atoms with Gasteiger partial charge in [-0.1, -0.05) is 80.5 Å². The molecule has 2 N–H and O–H groups in total. The van der Waals surface area contributed by atoms with E-state index >= 15 is 0 Å². The highest BCUT2D eigenvalue weighted by Crippen LogP contribution is 2.41. The van der Waals surface area contributed by atoms with Crippen LogP contribution in [0.3, 0.4) is 0 Å². The second-order valence-corrected chi connectivity index (χ2v) is 7.99. The minimum absolute atomic E-state index is 0.270. The molecule has 0 fully saturated rings. The first kappa shape index (κ1) is 21.2. The Morgan fingerprint density at radius 3 is 1.95 bits per heavy atom. The van der Waals surface area contributed by atoms with Crippen molar-refractivity contribution in [2.45, 2.75) is 81.1 Å². The molecule has 0 unspecified atom stereocenters. The molecule has 1 nitrogen and oxygen atoms in total. The Bertz CT molecular complexity index is 436. The molecule has 0 atom stereocenters. The van der Waals surface area contributed by atoms with Gasteiger partial charge in [0.05, 0.1) is 0 Å². The average molecular weight is 306 g/mol. The Morgan fingerprint density at radius 1 is 1.00 bits per heavy atom. The normalized spacial score (nSPS) is 12.1. The maximum absolute atomic E-state index is 5.85. The molecule has 0 spiro atoms. The van der Waals surface area contributed by atoms with Crippen LogP contribution in [-0.2, 0) is 12.8 Å². The van der Waals surface area contributed by atoms with Crippen molar-refractivity contribution in [2.75, 3.05) is 6.54 Å². The molecule has 0 radical (unpaired) electrons. The molecule has 1 rings (SSSR count). The quantitative estimate of drug-likeness (QED) is 0.714. The van der Waals surface area contributed by atoms with Gasteiger partial charge in [-0.25, -0.2) is 0 Å². The fourth-order valence-corrected chi connectivity index (χ4v) is 2.55. The largest absolute Gasteiger partial charge is 0.330 e. The van der Waals surface area contributed by atoms with E-state index in [2.05, 4.69) is 66.7 Å². The molecule has 0 aliphatic carbocycles. The van der Waals surface area contributed by atoms with Crippen LogP contribution in [-0.4, -0.2) is 6.54 Å². The van der Waals surface area contributed by atoms with Gasteiger partial charge in [0, 0.05) is 0 Å². The summed E-state index contributed by atoms with van der Waals surface area (Å²) in [5.74, 6) is 0.564. The summed E-state index contributed by atoms with van der Waals surface area (Å²) in [6.45, 7) is 21.0. The lowest BCUT2D eigenvalue weighted by Crippen LogP contribution is -2.32. The van der Waals surface area contributed by atoms with Gasteiger partial charge in [-0.3, -0.25) is 0 Å². The smallest absolute Gasteiger partial charge is 0.00365 e. The van der Waals surface area contributed by atoms with E-state index < -0.39 is 0 Å². The highest BCUT2D eigenvalue weighted by atomic mass is 14.5. The summed E-state index contributed by atoms with van der Waals surface area (Å²) in [7, 11) is 0. The van der Waals surface area contributed by atoms with Crippen LogP contribution in [0.1, 0.15) is 84.9 Å². The zero-order valence-electron chi connectivity index (χ0n) is 16.5. The lowest BCUT2D eigenvalue weighted by atomic mass is 9.65. The predicted molar refractivity (Wildman–Crippen MR) is 102 cm³/mol. The Kier molecular flexibility index (Phi) is 8.39. The molecule has 0 heterocycles. The predicted octanol–water partition coefficient (Wildman–Crippen LogP) is 5.95. The van der Waals surface area contributed by atoms with E-state index in [9.17, 15) is 0 Å². The summed E-state index contributed by atoms with van der Waals surface area (Å²) in [5, 5.41) is 0. The minimum Gasteiger partial charge on any atom is -0.330 e.